The van der Waals surface area contributed by atoms with Gasteiger partial charge in [0.25, 0.3) is 5.92 Å². The van der Waals surface area contributed by atoms with Gasteiger partial charge in [-0.25, -0.2) is 13.2 Å². The fourth-order valence-corrected chi connectivity index (χ4v) is 7.58. The highest BCUT2D eigenvalue weighted by Gasteiger charge is 2.63. The molecule has 4 aliphatic rings. The van der Waals surface area contributed by atoms with Crippen LogP contribution >= 0.6 is 0 Å². The minimum atomic E-state index is -2.78. The zero-order valence-electron chi connectivity index (χ0n) is 17.3. The molecule has 0 N–H and O–H groups in total. The van der Waals surface area contributed by atoms with Crippen molar-refractivity contribution in [1.29, 1.82) is 0 Å². The first-order chi connectivity index (χ1) is 12.9. The summed E-state index contributed by atoms with van der Waals surface area (Å²) in [7, 11) is 0. The van der Waals surface area contributed by atoms with Gasteiger partial charge in [-0.2, -0.15) is 0 Å². The number of fused-ring (bicyclic) bond motifs is 1. The average Bonchev–Trinajstić information content (AvgIpc) is 2.93. The van der Waals surface area contributed by atoms with Crippen LogP contribution in [0.1, 0.15) is 90.9 Å². The third-order valence-electron chi connectivity index (χ3n) is 9.28. The van der Waals surface area contributed by atoms with Crippen molar-refractivity contribution < 1.29 is 13.2 Å². The van der Waals surface area contributed by atoms with Crippen molar-refractivity contribution in [3.63, 3.8) is 0 Å². The maximum atomic E-state index is 15.3. The smallest absolute Gasteiger partial charge is 0.247 e. The summed E-state index contributed by atoms with van der Waals surface area (Å²) in [6.45, 7) is 4.44. The van der Waals surface area contributed by atoms with Gasteiger partial charge in [-0.05, 0) is 93.3 Å². The molecule has 3 heteroatoms. The highest BCUT2D eigenvalue weighted by molar-refractivity contribution is 5.05. The summed E-state index contributed by atoms with van der Waals surface area (Å²) in [5.74, 6) is -1.44. The standard InChI is InChI=1S/C24H39F3/c1-3-16-12-20-14-21(24(26,27)23(20)22(25)13-16)19-10-8-18(9-11-19)17-6-4-15(2)5-7-17/h15-23H,3-14H2,1-2H3. The Morgan fingerprint density at radius 1 is 0.741 bits per heavy atom. The van der Waals surface area contributed by atoms with Gasteiger partial charge in [-0.15, -0.1) is 0 Å². The molecular weight excluding hydrogens is 345 g/mol. The quantitative estimate of drug-likeness (QED) is 0.468. The Hall–Kier alpha value is -0.210. The van der Waals surface area contributed by atoms with Gasteiger partial charge in [0.1, 0.15) is 6.17 Å². The lowest BCUT2D eigenvalue weighted by atomic mass is 9.67. The molecule has 0 spiro atoms. The number of rotatable bonds is 3. The summed E-state index contributed by atoms with van der Waals surface area (Å²) < 4.78 is 45.2. The molecule has 156 valence electrons. The van der Waals surface area contributed by atoms with E-state index in [1.165, 1.54) is 25.7 Å². The third-order valence-corrected chi connectivity index (χ3v) is 9.28. The molecule has 4 aliphatic carbocycles. The second-order valence-electron chi connectivity index (χ2n) is 10.8. The van der Waals surface area contributed by atoms with Gasteiger partial charge in [0.2, 0.25) is 0 Å². The first-order valence-electron chi connectivity index (χ1n) is 11.9. The molecule has 0 aromatic rings. The summed E-state index contributed by atoms with van der Waals surface area (Å²) in [6, 6.07) is 0. The summed E-state index contributed by atoms with van der Waals surface area (Å²) in [5.41, 5.74) is 0. The summed E-state index contributed by atoms with van der Waals surface area (Å²) in [5, 5.41) is 0. The van der Waals surface area contributed by atoms with E-state index in [9.17, 15) is 4.39 Å². The Kier molecular flexibility index (Phi) is 5.88. The van der Waals surface area contributed by atoms with Gasteiger partial charge >= 0.3 is 0 Å². The number of hydrogen-bond acceptors (Lipinski definition) is 0. The molecule has 0 saturated heterocycles. The Labute approximate surface area is 164 Å². The molecule has 0 heterocycles. The van der Waals surface area contributed by atoms with Crippen molar-refractivity contribution in [2.24, 2.45) is 47.3 Å². The van der Waals surface area contributed by atoms with E-state index in [0.29, 0.717) is 18.8 Å². The van der Waals surface area contributed by atoms with Crippen LogP contribution in [-0.4, -0.2) is 12.1 Å². The van der Waals surface area contributed by atoms with Crippen molar-refractivity contribution in [2.75, 3.05) is 0 Å². The molecule has 5 unspecified atom stereocenters. The van der Waals surface area contributed by atoms with Crippen LogP contribution in [0.15, 0.2) is 0 Å². The minimum Gasteiger partial charge on any atom is -0.247 e. The molecule has 0 aromatic carbocycles. The molecule has 0 aliphatic heterocycles. The first kappa shape index (κ1) is 20.1. The molecule has 27 heavy (non-hydrogen) atoms. The van der Waals surface area contributed by atoms with E-state index < -0.39 is 23.9 Å². The van der Waals surface area contributed by atoms with Gasteiger partial charge in [0.05, 0.1) is 5.92 Å². The highest BCUT2D eigenvalue weighted by Crippen LogP contribution is 2.60. The Balaban J connectivity index is 1.37. The molecule has 4 fully saturated rings. The topological polar surface area (TPSA) is 0 Å². The second-order valence-corrected chi connectivity index (χ2v) is 10.8. The van der Waals surface area contributed by atoms with Crippen molar-refractivity contribution in [1.82, 2.24) is 0 Å². The van der Waals surface area contributed by atoms with E-state index in [-0.39, 0.29) is 11.8 Å². The molecular formula is C24H39F3. The predicted octanol–water partition coefficient (Wildman–Crippen LogP) is 7.66. The zero-order chi connectivity index (χ0) is 19.2. The second kappa shape index (κ2) is 7.90. The molecule has 4 rings (SSSR count). The Morgan fingerprint density at radius 3 is 1.89 bits per heavy atom. The van der Waals surface area contributed by atoms with Crippen molar-refractivity contribution in [3.05, 3.63) is 0 Å². The maximum Gasteiger partial charge on any atom is 0.256 e. The lowest BCUT2D eigenvalue weighted by Gasteiger charge is -2.40. The fourth-order valence-electron chi connectivity index (χ4n) is 7.58. The van der Waals surface area contributed by atoms with Gasteiger partial charge in [-0.1, -0.05) is 33.1 Å². The van der Waals surface area contributed by atoms with Crippen LogP contribution in [-0.2, 0) is 0 Å². The zero-order valence-corrected chi connectivity index (χ0v) is 17.3. The van der Waals surface area contributed by atoms with Gasteiger partial charge in [0, 0.05) is 5.92 Å². The molecule has 0 radical (unpaired) electrons. The van der Waals surface area contributed by atoms with E-state index in [2.05, 4.69) is 13.8 Å². The van der Waals surface area contributed by atoms with Crippen LogP contribution in [0.2, 0.25) is 0 Å². The van der Waals surface area contributed by atoms with E-state index in [1.54, 1.807) is 0 Å². The van der Waals surface area contributed by atoms with Crippen molar-refractivity contribution >= 4 is 0 Å². The van der Waals surface area contributed by atoms with Gasteiger partial charge < -0.3 is 0 Å². The molecule has 0 aromatic heterocycles. The monoisotopic (exact) mass is 384 g/mol. The molecule has 0 amide bonds. The van der Waals surface area contributed by atoms with Crippen LogP contribution in [0, 0.1) is 47.3 Å². The normalized spacial score (nSPS) is 50.3. The molecule has 0 bridgehead atoms. The maximum absolute atomic E-state index is 15.3. The summed E-state index contributed by atoms with van der Waals surface area (Å²) >= 11 is 0. The lowest BCUT2D eigenvalue weighted by molar-refractivity contribution is -0.132. The molecule has 5 atom stereocenters. The first-order valence-corrected chi connectivity index (χ1v) is 11.9. The van der Waals surface area contributed by atoms with E-state index in [0.717, 1.165) is 56.3 Å². The number of halogens is 3. The Bertz CT molecular complexity index is 488. The molecule has 4 saturated carbocycles. The average molecular weight is 385 g/mol. The SMILES string of the molecule is CCC1CC(F)C2C(C1)CC(C1CCC(C3CCC(C)CC3)CC1)C2(F)F. The van der Waals surface area contributed by atoms with E-state index in [4.69, 9.17) is 0 Å². The fraction of sp³-hybridized carbons (Fsp3) is 1.00. The highest BCUT2D eigenvalue weighted by atomic mass is 19.3. The van der Waals surface area contributed by atoms with Crippen LogP contribution in [0.4, 0.5) is 13.2 Å². The summed E-state index contributed by atoms with van der Waals surface area (Å²) in [4.78, 5) is 0. The third kappa shape index (κ3) is 3.82. The largest absolute Gasteiger partial charge is 0.256 e. The van der Waals surface area contributed by atoms with Gasteiger partial charge in [-0.3, -0.25) is 0 Å². The predicted molar refractivity (Wildman–Crippen MR) is 105 cm³/mol. The van der Waals surface area contributed by atoms with Crippen LogP contribution in [0.25, 0.3) is 0 Å². The lowest BCUT2D eigenvalue weighted by Crippen LogP contribution is -2.43. The van der Waals surface area contributed by atoms with E-state index in [1.807, 2.05) is 0 Å². The Morgan fingerprint density at radius 2 is 1.30 bits per heavy atom. The van der Waals surface area contributed by atoms with E-state index >= 15 is 8.78 Å². The van der Waals surface area contributed by atoms with Crippen LogP contribution < -0.4 is 0 Å². The minimum absolute atomic E-state index is 0.0729. The number of alkyl halides is 3. The van der Waals surface area contributed by atoms with Crippen LogP contribution in [0.5, 0.6) is 0 Å². The van der Waals surface area contributed by atoms with Crippen molar-refractivity contribution in [2.45, 2.75) is 103 Å². The van der Waals surface area contributed by atoms with Gasteiger partial charge in [0.15, 0.2) is 0 Å². The number of hydrogen-bond donors (Lipinski definition) is 0. The summed E-state index contributed by atoms with van der Waals surface area (Å²) in [6.07, 6.45) is 11.1. The van der Waals surface area contributed by atoms with Crippen molar-refractivity contribution in [3.8, 4) is 0 Å². The molecule has 0 nitrogen and oxygen atoms in total. The van der Waals surface area contributed by atoms with Crippen LogP contribution in [0.3, 0.4) is 0 Å².